The summed E-state index contributed by atoms with van der Waals surface area (Å²) in [6, 6.07) is 0. The summed E-state index contributed by atoms with van der Waals surface area (Å²) >= 11 is 0. The smallest absolute Gasteiger partial charge is 0.308 e. The Morgan fingerprint density at radius 3 is 1.01 bits per heavy atom. The van der Waals surface area contributed by atoms with Crippen molar-refractivity contribution in [2.75, 3.05) is 49.4 Å². The van der Waals surface area contributed by atoms with E-state index in [0.29, 0.717) is 0 Å². The number of hydrogen-bond acceptors (Lipinski definition) is 36. The molecule has 16 N–H and O–H groups in total. The Hall–Kier alpha value is -11.2. The second-order valence-electron chi connectivity index (χ2n) is 23.9. The van der Waals surface area contributed by atoms with Crippen molar-refractivity contribution in [3.63, 3.8) is 0 Å². The van der Waals surface area contributed by atoms with Gasteiger partial charge in [-0.25, -0.2) is 77.4 Å². The highest BCUT2D eigenvalue weighted by Gasteiger charge is 2.71. The van der Waals surface area contributed by atoms with Gasteiger partial charge in [-0.2, -0.15) is 0 Å². The Morgan fingerprint density at radius 1 is 0.462 bits per heavy atom. The van der Waals surface area contributed by atoms with Crippen LogP contribution in [0.4, 0.5) is 40.8 Å². The molecule has 4 fully saturated rings. The van der Waals surface area contributed by atoms with Crippen LogP contribution in [0.25, 0.3) is 44.7 Å². The van der Waals surface area contributed by atoms with E-state index in [9.17, 15) is 58.6 Å². The number of hydrogen-bond donors (Lipinski definition) is 12. The van der Waals surface area contributed by atoms with E-state index in [1.165, 1.54) is 32.8 Å². The van der Waals surface area contributed by atoms with Gasteiger partial charge in [0.2, 0.25) is 34.6 Å². The zero-order valence-corrected chi connectivity index (χ0v) is 55.0. The number of rotatable bonds is 14. The van der Waals surface area contributed by atoms with Crippen molar-refractivity contribution >= 4 is 91.8 Å². The van der Waals surface area contributed by atoms with E-state index in [4.69, 9.17) is 92.0 Å². The molecule has 0 unspecified atom stereocenters. The molecule has 40 nitrogen and oxygen atoms in total. The van der Waals surface area contributed by atoms with Gasteiger partial charge in [0.15, 0.2) is 96.2 Å². The van der Waals surface area contributed by atoms with Crippen LogP contribution in [0.3, 0.4) is 0 Å². The monoisotopic (exact) mass is 1460 g/mol. The standard InChI is InChI=1S/C20H24FN5O6.C16H16FN5O6.2C12H12FN5O4/c1-6-19(29)17(31-16(28)11(4)5)20(21,7-30-15(27)10(2)3)32-18(19)26-9-25-12-13(22)23-8-24-14(12)26;1-4-15(25)13(27-9(3)24)16(17,5-26-8(2)23)28-14(15)22-7-21-10-11(18)19-6-20-12(10)22;2*1-2-11(21)9(20)12(13,3-19)22-10(11)18-5-17-6-7(14)15-4-16-8(6)18/h1,8-11,17-18,29H,7H2,2-5H3,(H2,22,23,24);1,6-7,13-14,25H,5H2,2-3H3,(H2,18,19,20);2*1,4-5,9-10,19-21H,3H2,(H2,14,15,16)/t17-,18+,19+,20+;13-,14+,15+,16+;2*9-,10+,11+,12+/m0000/s1. The molecule has 44 heteroatoms. The normalized spacial score (nSPS) is 31.2. The largest absolute Gasteiger partial charge is 0.460 e. The number of carbonyl (C=O) groups is 4. The molecule has 12 rings (SSSR count). The topological polar surface area (TPSA) is 582 Å². The summed E-state index contributed by atoms with van der Waals surface area (Å²) in [6.07, 6.45) is 15.9. The summed E-state index contributed by atoms with van der Waals surface area (Å²) in [5.41, 5.74) is 14.0. The predicted octanol–water partition coefficient (Wildman–Crippen LogP) is -3.16. The summed E-state index contributed by atoms with van der Waals surface area (Å²) in [5.74, 6) is -8.23. The van der Waals surface area contributed by atoms with Crippen molar-refractivity contribution in [2.45, 2.75) is 137 Å². The van der Waals surface area contributed by atoms with E-state index < -0.39 is 157 Å². The third-order valence-electron chi connectivity index (χ3n) is 16.2. The van der Waals surface area contributed by atoms with Crippen molar-refractivity contribution in [1.82, 2.24) is 78.1 Å². The summed E-state index contributed by atoms with van der Waals surface area (Å²) in [5, 5.41) is 81.2. The highest BCUT2D eigenvalue weighted by Crippen LogP contribution is 2.51. The summed E-state index contributed by atoms with van der Waals surface area (Å²) in [4.78, 5) is 93.8. The number of anilines is 4. The fourth-order valence-electron chi connectivity index (χ4n) is 10.8. The summed E-state index contributed by atoms with van der Waals surface area (Å²) < 4.78 is 105. The average molecular weight is 1460 g/mol. The number of esters is 4. The first-order valence-electron chi connectivity index (χ1n) is 30.1. The number of nitrogens with zero attached hydrogens (tertiary/aromatic N) is 16. The molecule has 0 bridgehead atoms. The minimum absolute atomic E-state index is 0.0361. The Kier molecular flexibility index (Phi) is 21.1. The molecule has 4 saturated heterocycles. The number of ether oxygens (including phenoxy) is 8. The second-order valence-corrected chi connectivity index (χ2v) is 23.9. The Labute approximate surface area is 581 Å². The van der Waals surface area contributed by atoms with Crippen molar-refractivity contribution < 1.29 is 115 Å². The van der Waals surface area contributed by atoms with Gasteiger partial charge in [-0.3, -0.25) is 37.4 Å². The fourth-order valence-corrected chi connectivity index (χ4v) is 10.8. The minimum Gasteiger partial charge on any atom is -0.460 e. The molecule has 0 aliphatic carbocycles. The number of nitrogen functional groups attached to an aromatic ring is 4. The zero-order valence-electron chi connectivity index (χ0n) is 55.0. The molecule has 552 valence electrons. The number of aliphatic hydroxyl groups is 8. The van der Waals surface area contributed by atoms with Crippen molar-refractivity contribution in [3.05, 3.63) is 50.6 Å². The van der Waals surface area contributed by atoms with Gasteiger partial charge in [0.05, 0.1) is 37.1 Å². The maximum Gasteiger partial charge on any atom is 0.308 e. The molecule has 16 atom stereocenters. The number of imidazole rings is 4. The number of halogens is 4. The summed E-state index contributed by atoms with van der Waals surface area (Å²) in [6.45, 7) is 3.84. The lowest BCUT2D eigenvalue weighted by molar-refractivity contribution is -0.225. The number of aromatic nitrogens is 16. The molecule has 4 aliphatic heterocycles. The molecule has 12 heterocycles. The molecule has 8 aromatic rings. The minimum atomic E-state index is -2.98. The van der Waals surface area contributed by atoms with Gasteiger partial charge in [-0.1, -0.05) is 51.4 Å². The van der Waals surface area contributed by atoms with Crippen LogP contribution in [0.1, 0.15) is 66.5 Å². The Morgan fingerprint density at radius 2 is 0.740 bits per heavy atom. The summed E-state index contributed by atoms with van der Waals surface area (Å²) in [7, 11) is 0. The van der Waals surface area contributed by atoms with Crippen molar-refractivity contribution in [2.24, 2.45) is 11.8 Å². The maximum atomic E-state index is 16.1. The van der Waals surface area contributed by atoms with Gasteiger partial charge in [0.1, 0.15) is 60.6 Å². The molecule has 0 aromatic carbocycles. The van der Waals surface area contributed by atoms with Gasteiger partial charge in [-0.05, 0) is 0 Å². The molecule has 8 aromatic heterocycles. The number of nitrogens with two attached hydrogens (primary N) is 4. The van der Waals surface area contributed by atoms with Crippen molar-refractivity contribution in [3.8, 4) is 49.4 Å². The Balaban J connectivity index is 0.000000163. The second kappa shape index (κ2) is 28.5. The first-order chi connectivity index (χ1) is 48.8. The van der Waals surface area contributed by atoms with E-state index in [1.807, 2.05) is 17.8 Å². The van der Waals surface area contributed by atoms with Crippen molar-refractivity contribution in [1.29, 1.82) is 0 Å². The van der Waals surface area contributed by atoms with E-state index in [2.05, 4.69) is 70.5 Å². The van der Waals surface area contributed by atoms with Gasteiger partial charge in [-0.15, -0.1) is 25.7 Å². The SMILES string of the molecule is C#C[C@]1(O)[C@H](n2cnc3c(N)ncnc32)O[C@](F)(CO)[C@H]1O.C#C[C@]1(O)[C@H](n2cnc3c(N)ncnc32)O[C@](F)(CO)[C@H]1O.C#C[C@]1(O)[C@H](n2cnc3c(N)ncnc32)O[C@](F)(COC(=O)C(C)C)[C@H]1OC(=O)C(C)C.C#C[C@]1(O)[C@H](n2cnc3c(N)ncnc32)O[C@](F)(COC(C)=O)[C@H]1OC(C)=O. The quantitative estimate of drug-likeness (QED) is 0.0221. The molecular weight excluding hydrogens is 1400 g/mol. The molecule has 0 saturated carbocycles. The molecule has 0 amide bonds. The van der Waals surface area contributed by atoms with Crippen LogP contribution in [0.15, 0.2) is 50.6 Å². The molecule has 104 heavy (non-hydrogen) atoms. The lowest BCUT2D eigenvalue weighted by atomic mass is 9.93. The third-order valence-corrected chi connectivity index (χ3v) is 16.2. The molecule has 0 spiro atoms. The molecule has 4 aliphatic rings. The van der Waals surface area contributed by atoms with E-state index in [1.54, 1.807) is 13.8 Å². The predicted molar refractivity (Wildman–Crippen MR) is 339 cm³/mol. The van der Waals surface area contributed by atoms with Crippen LogP contribution in [-0.2, 0) is 57.1 Å². The van der Waals surface area contributed by atoms with Gasteiger partial charge in [0, 0.05) is 13.8 Å². The Bertz CT molecular complexity index is 4670. The maximum absolute atomic E-state index is 16.1. The van der Waals surface area contributed by atoms with Crippen LogP contribution in [0, 0.1) is 61.2 Å². The number of aliphatic hydroxyl groups excluding tert-OH is 4. The first kappa shape index (κ1) is 76.9. The van der Waals surface area contributed by atoms with Gasteiger partial charge in [0.25, 0.3) is 23.4 Å². The van der Waals surface area contributed by atoms with Crippen LogP contribution >= 0.6 is 0 Å². The number of alkyl halides is 4. The van der Waals surface area contributed by atoms with Crippen LogP contribution in [0.2, 0.25) is 0 Å². The van der Waals surface area contributed by atoms with Gasteiger partial charge >= 0.3 is 23.9 Å². The van der Waals surface area contributed by atoms with Crippen LogP contribution in [0.5, 0.6) is 0 Å². The lowest BCUT2D eigenvalue weighted by Crippen LogP contribution is -2.53. The molecule has 0 radical (unpaired) electrons. The fraction of sp³-hybridized carbons (Fsp3) is 0.467. The van der Waals surface area contributed by atoms with E-state index in [0.717, 1.165) is 63.8 Å². The zero-order chi connectivity index (χ0) is 76.8. The molecular formula is C60H64F4N20O20. The first-order valence-corrected chi connectivity index (χ1v) is 30.1. The van der Waals surface area contributed by atoms with Crippen LogP contribution < -0.4 is 22.9 Å². The van der Waals surface area contributed by atoms with E-state index >= 15 is 8.78 Å². The van der Waals surface area contributed by atoms with Crippen LogP contribution in [-0.4, -0.2) is 239 Å². The highest BCUT2D eigenvalue weighted by molar-refractivity contribution is 5.84. The third kappa shape index (κ3) is 13.3. The highest BCUT2D eigenvalue weighted by atomic mass is 19.2. The average Bonchev–Trinajstić information content (AvgIpc) is 1.59. The van der Waals surface area contributed by atoms with E-state index in [-0.39, 0.29) is 67.9 Å². The number of terminal acetylenes is 4. The lowest BCUT2D eigenvalue weighted by Gasteiger charge is -2.30. The number of fused-ring (bicyclic) bond motifs is 4. The number of carbonyl (C=O) groups excluding carboxylic acids is 4. The van der Waals surface area contributed by atoms with Gasteiger partial charge < -0.3 is 102 Å².